The van der Waals surface area contributed by atoms with Crippen molar-refractivity contribution in [2.45, 2.75) is 44.7 Å². The molecule has 0 unspecified atom stereocenters. The topological polar surface area (TPSA) is 63.3 Å². The van der Waals surface area contributed by atoms with Gasteiger partial charge in [0.25, 0.3) is 5.91 Å². The fourth-order valence-electron chi connectivity index (χ4n) is 3.80. The summed E-state index contributed by atoms with van der Waals surface area (Å²) >= 11 is 0. The largest absolute Gasteiger partial charge is 0.464 e. The van der Waals surface area contributed by atoms with E-state index in [4.69, 9.17) is 4.42 Å². The maximum atomic E-state index is 11.7. The summed E-state index contributed by atoms with van der Waals surface area (Å²) < 4.78 is 8.00. The molecule has 1 amide bonds. The average Bonchev–Trinajstić information content (AvgIpc) is 3.05. The van der Waals surface area contributed by atoms with Crippen molar-refractivity contribution < 1.29 is 9.21 Å². The minimum atomic E-state index is -0.135. The number of furan rings is 1. The van der Waals surface area contributed by atoms with Crippen molar-refractivity contribution >= 4 is 5.91 Å². The van der Waals surface area contributed by atoms with E-state index >= 15 is 0 Å². The third-order valence-electron chi connectivity index (χ3n) is 5.46. The van der Waals surface area contributed by atoms with E-state index in [0.717, 1.165) is 49.9 Å². The molecule has 25 heavy (non-hydrogen) atoms. The Kier molecular flexibility index (Phi) is 4.37. The summed E-state index contributed by atoms with van der Waals surface area (Å²) in [6.07, 6.45) is 5.39. The number of likely N-dealkylation sites (tertiary alicyclic amines) is 1. The monoisotopic (exact) mass is 342 g/mol. The molecule has 1 N–H and O–H groups in total. The molecule has 1 saturated heterocycles. The van der Waals surface area contributed by atoms with Crippen LogP contribution in [0.15, 0.2) is 28.8 Å². The minimum absolute atomic E-state index is 0.135. The van der Waals surface area contributed by atoms with Crippen molar-refractivity contribution in [3.05, 3.63) is 41.6 Å². The quantitative estimate of drug-likeness (QED) is 0.907. The number of amides is 1. The number of carbonyl (C=O) groups excluding carboxylic acids is 1. The Labute approximate surface area is 148 Å². The second kappa shape index (κ2) is 6.67. The van der Waals surface area contributed by atoms with Crippen LogP contribution in [0, 0.1) is 5.92 Å². The van der Waals surface area contributed by atoms with Crippen LogP contribution in [0.2, 0.25) is 0 Å². The number of hydrogen-bond donors (Lipinski definition) is 1. The highest BCUT2D eigenvalue weighted by Gasteiger charge is 2.36. The van der Waals surface area contributed by atoms with Gasteiger partial charge in [-0.1, -0.05) is 6.92 Å². The molecule has 3 heterocycles. The van der Waals surface area contributed by atoms with Crippen molar-refractivity contribution in [1.82, 2.24) is 20.0 Å². The predicted molar refractivity (Wildman–Crippen MR) is 94.4 cm³/mol. The lowest BCUT2D eigenvalue weighted by Crippen LogP contribution is -2.36. The molecule has 0 spiro atoms. The molecule has 1 aliphatic heterocycles. The van der Waals surface area contributed by atoms with E-state index in [1.165, 1.54) is 6.42 Å². The summed E-state index contributed by atoms with van der Waals surface area (Å²) in [4.78, 5) is 14.1. The zero-order valence-electron chi connectivity index (χ0n) is 14.9. The Morgan fingerprint density at radius 3 is 3.00 bits per heavy atom. The van der Waals surface area contributed by atoms with E-state index in [1.54, 1.807) is 13.1 Å². The Hall–Kier alpha value is -2.08. The van der Waals surface area contributed by atoms with Crippen LogP contribution in [-0.4, -0.2) is 40.7 Å². The maximum absolute atomic E-state index is 11.7. The number of rotatable bonds is 5. The first-order chi connectivity index (χ1) is 12.1. The second-order valence-electron chi connectivity index (χ2n) is 7.41. The standard InChI is InChI=1S/C19H26N4O2/c1-13-10-16(13)18-6-5-15(25-18)12-22-8-3-4-14(11-22)23-9-7-17(21-23)19(24)20-2/h5-7,9,13-14,16H,3-4,8,10-12H2,1-2H3,(H,20,24)/t13-,14-,16-/m1/s1. The van der Waals surface area contributed by atoms with Gasteiger partial charge in [-0.15, -0.1) is 0 Å². The third-order valence-corrected chi connectivity index (χ3v) is 5.46. The number of aromatic nitrogens is 2. The Morgan fingerprint density at radius 1 is 1.40 bits per heavy atom. The van der Waals surface area contributed by atoms with Gasteiger partial charge < -0.3 is 9.73 Å². The first kappa shape index (κ1) is 16.4. The molecule has 0 aromatic carbocycles. The lowest BCUT2D eigenvalue weighted by molar-refractivity contribution is 0.0955. The molecule has 1 aliphatic carbocycles. The van der Waals surface area contributed by atoms with Gasteiger partial charge in [-0.05, 0) is 49.9 Å². The number of carbonyl (C=O) groups is 1. The van der Waals surface area contributed by atoms with Crippen molar-refractivity contribution in [2.75, 3.05) is 20.1 Å². The fourth-order valence-corrected chi connectivity index (χ4v) is 3.80. The lowest BCUT2D eigenvalue weighted by atomic mass is 10.1. The van der Waals surface area contributed by atoms with Gasteiger partial charge in [0, 0.05) is 25.7 Å². The number of piperidine rings is 1. The van der Waals surface area contributed by atoms with Gasteiger partial charge in [0.1, 0.15) is 17.2 Å². The molecule has 0 bridgehead atoms. The van der Waals surface area contributed by atoms with Gasteiger partial charge >= 0.3 is 0 Å². The molecule has 2 fully saturated rings. The first-order valence-electron chi connectivity index (χ1n) is 9.22. The molecule has 6 heteroatoms. The third kappa shape index (κ3) is 3.49. The summed E-state index contributed by atoms with van der Waals surface area (Å²) in [6, 6.07) is 6.37. The number of nitrogens with zero attached hydrogens (tertiary/aromatic N) is 3. The summed E-state index contributed by atoms with van der Waals surface area (Å²) in [5.41, 5.74) is 0.480. The van der Waals surface area contributed by atoms with Crippen LogP contribution in [-0.2, 0) is 6.54 Å². The van der Waals surface area contributed by atoms with Crippen molar-refractivity contribution in [3.8, 4) is 0 Å². The first-order valence-corrected chi connectivity index (χ1v) is 9.22. The molecular formula is C19H26N4O2. The Morgan fingerprint density at radius 2 is 2.24 bits per heavy atom. The maximum Gasteiger partial charge on any atom is 0.271 e. The Bertz CT molecular complexity index is 750. The second-order valence-corrected chi connectivity index (χ2v) is 7.41. The molecule has 2 aliphatic rings. The van der Waals surface area contributed by atoms with Gasteiger partial charge in [-0.2, -0.15) is 5.10 Å². The zero-order valence-corrected chi connectivity index (χ0v) is 14.9. The highest BCUT2D eigenvalue weighted by atomic mass is 16.3. The molecule has 1 saturated carbocycles. The van der Waals surface area contributed by atoms with Crippen LogP contribution in [0.1, 0.15) is 60.2 Å². The van der Waals surface area contributed by atoms with Crippen LogP contribution >= 0.6 is 0 Å². The van der Waals surface area contributed by atoms with Gasteiger partial charge in [0.2, 0.25) is 0 Å². The highest BCUT2D eigenvalue weighted by molar-refractivity contribution is 5.91. The van der Waals surface area contributed by atoms with Crippen LogP contribution in [0.5, 0.6) is 0 Å². The lowest BCUT2D eigenvalue weighted by Gasteiger charge is -2.32. The smallest absolute Gasteiger partial charge is 0.271 e. The SMILES string of the molecule is CNC(=O)c1ccn([C@@H]2CCCN(Cc3ccc([C@@H]4C[C@H]4C)o3)C2)n1. The van der Waals surface area contributed by atoms with Crippen molar-refractivity contribution in [2.24, 2.45) is 5.92 Å². The molecule has 3 atom stereocenters. The van der Waals surface area contributed by atoms with E-state index in [9.17, 15) is 4.79 Å². The number of nitrogens with one attached hydrogen (secondary N) is 1. The average molecular weight is 342 g/mol. The van der Waals surface area contributed by atoms with E-state index in [2.05, 4.69) is 34.4 Å². The Balaban J connectivity index is 1.38. The van der Waals surface area contributed by atoms with Crippen LogP contribution < -0.4 is 5.32 Å². The highest BCUT2D eigenvalue weighted by Crippen LogP contribution is 2.47. The van der Waals surface area contributed by atoms with E-state index in [1.807, 2.05) is 10.9 Å². The van der Waals surface area contributed by atoms with Gasteiger partial charge in [0.05, 0.1) is 12.6 Å². The molecule has 4 rings (SSSR count). The molecule has 2 aromatic rings. The molecule has 2 aromatic heterocycles. The molecule has 0 radical (unpaired) electrons. The fraction of sp³-hybridized carbons (Fsp3) is 0.579. The summed E-state index contributed by atoms with van der Waals surface area (Å²) in [5.74, 6) is 3.48. The summed E-state index contributed by atoms with van der Waals surface area (Å²) in [6.45, 7) is 5.14. The normalized spacial score (nSPS) is 26.6. The van der Waals surface area contributed by atoms with Crippen molar-refractivity contribution in [1.29, 1.82) is 0 Å². The summed E-state index contributed by atoms with van der Waals surface area (Å²) in [7, 11) is 1.63. The predicted octanol–water partition coefficient (Wildman–Crippen LogP) is 2.80. The molecule has 134 valence electrons. The zero-order chi connectivity index (χ0) is 17.4. The van der Waals surface area contributed by atoms with Crippen LogP contribution in [0.25, 0.3) is 0 Å². The van der Waals surface area contributed by atoms with E-state index in [-0.39, 0.29) is 5.91 Å². The van der Waals surface area contributed by atoms with Gasteiger partial charge in [-0.3, -0.25) is 14.4 Å². The van der Waals surface area contributed by atoms with Crippen LogP contribution in [0.3, 0.4) is 0 Å². The van der Waals surface area contributed by atoms with E-state index < -0.39 is 0 Å². The molecular weight excluding hydrogens is 316 g/mol. The van der Waals surface area contributed by atoms with Crippen LogP contribution in [0.4, 0.5) is 0 Å². The van der Waals surface area contributed by atoms with Gasteiger partial charge in [-0.25, -0.2) is 0 Å². The minimum Gasteiger partial charge on any atom is -0.464 e. The molecule has 6 nitrogen and oxygen atoms in total. The number of hydrogen-bond acceptors (Lipinski definition) is 4. The van der Waals surface area contributed by atoms with Crippen molar-refractivity contribution in [3.63, 3.8) is 0 Å². The summed E-state index contributed by atoms with van der Waals surface area (Å²) in [5, 5.41) is 7.07. The van der Waals surface area contributed by atoms with E-state index in [0.29, 0.717) is 17.7 Å². The van der Waals surface area contributed by atoms with Gasteiger partial charge in [0.15, 0.2) is 0 Å².